The molecule has 0 N–H and O–H groups in total. The van der Waals surface area contributed by atoms with Crippen molar-refractivity contribution in [2.24, 2.45) is 0 Å². The maximum absolute atomic E-state index is 5.22. The lowest BCUT2D eigenvalue weighted by molar-refractivity contribution is 0.409. The zero-order valence-electron chi connectivity index (χ0n) is 7.51. The van der Waals surface area contributed by atoms with Gasteiger partial charge in [0.05, 0.1) is 7.11 Å². The molecule has 0 aliphatic carbocycles. The molecule has 1 aromatic rings. The van der Waals surface area contributed by atoms with Crippen LogP contribution in [0.4, 0.5) is 0 Å². The number of hydrogen-bond acceptors (Lipinski definition) is 1. The van der Waals surface area contributed by atoms with Crippen molar-refractivity contribution in [3.8, 4) is 18.1 Å². The predicted molar refractivity (Wildman–Crippen MR) is 57.8 cm³/mol. The van der Waals surface area contributed by atoms with E-state index in [0.717, 1.165) is 28.6 Å². The molecule has 0 aliphatic rings. The number of halogens is 1. The largest absolute Gasteiger partial charge is 0.496 e. The zero-order chi connectivity index (χ0) is 9.68. The number of ether oxygens (including phenoxy) is 1. The molecule has 0 unspecified atom stereocenters. The van der Waals surface area contributed by atoms with Crippen LogP contribution in [0.15, 0.2) is 22.7 Å². The molecule has 68 valence electrons. The number of terminal acetylenes is 1. The summed E-state index contributed by atoms with van der Waals surface area (Å²) in [6.07, 6.45) is 6.81. The number of methoxy groups -OCH3 is 1. The molecule has 0 aliphatic heterocycles. The van der Waals surface area contributed by atoms with Crippen LogP contribution in [0.3, 0.4) is 0 Å². The van der Waals surface area contributed by atoms with Gasteiger partial charge in [-0.2, -0.15) is 0 Å². The Bertz CT molecular complexity index is 325. The van der Waals surface area contributed by atoms with E-state index < -0.39 is 0 Å². The molecule has 2 heteroatoms. The predicted octanol–water partition coefficient (Wildman–Crippen LogP) is 3.02. The highest BCUT2D eigenvalue weighted by Crippen LogP contribution is 2.24. The molecule has 0 radical (unpaired) electrons. The van der Waals surface area contributed by atoms with Gasteiger partial charge in [0.2, 0.25) is 0 Å². The average Bonchev–Trinajstić information content (AvgIpc) is 2.16. The summed E-state index contributed by atoms with van der Waals surface area (Å²) in [7, 11) is 1.67. The van der Waals surface area contributed by atoms with E-state index in [1.807, 2.05) is 18.2 Å². The van der Waals surface area contributed by atoms with Crippen molar-refractivity contribution < 1.29 is 4.74 Å². The molecule has 0 saturated carbocycles. The quantitative estimate of drug-likeness (QED) is 0.736. The minimum absolute atomic E-state index is 0.748. The van der Waals surface area contributed by atoms with Crippen LogP contribution >= 0.6 is 15.9 Å². The molecule has 0 fully saturated rings. The van der Waals surface area contributed by atoms with Crippen molar-refractivity contribution in [1.29, 1.82) is 0 Å². The SMILES string of the molecule is C#CCCc1ccc(Br)cc1OC. The average molecular weight is 239 g/mol. The Morgan fingerprint density at radius 3 is 2.92 bits per heavy atom. The van der Waals surface area contributed by atoms with Crippen molar-refractivity contribution in [2.45, 2.75) is 12.8 Å². The Morgan fingerprint density at radius 1 is 1.54 bits per heavy atom. The topological polar surface area (TPSA) is 9.23 Å². The molecule has 0 atom stereocenters. The zero-order valence-corrected chi connectivity index (χ0v) is 9.10. The standard InChI is InChI=1S/C11H11BrO/c1-3-4-5-9-6-7-10(12)8-11(9)13-2/h1,6-8H,4-5H2,2H3. The molecule has 0 amide bonds. The highest BCUT2D eigenvalue weighted by Gasteiger charge is 2.01. The maximum Gasteiger partial charge on any atom is 0.123 e. The van der Waals surface area contributed by atoms with Crippen LogP contribution in [-0.4, -0.2) is 7.11 Å². The highest BCUT2D eigenvalue weighted by molar-refractivity contribution is 9.10. The molecule has 0 saturated heterocycles. The monoisotopic (exact) mass is 238 g/mol. The summed E-state index contributed by atoms with van der Waals surface area (Å²) in [4.78, 5) is 0. The molecule has 13 heavy (non-hydrogen) atoms. The third kappa shape index (κ3) is 2.78. The second-order valence-electron chi connectivity index (χ2n) is 2.66. The summed E-state index contributed by atoms with van der Waals surface area (Å²) in [5, 5.41) is 0. The van der Waals surface area contributed by atoms with Crippen LogP contribution in [-0.2, 0) is 6.42 Å². The van der Waals surface area contributed by atoms with Gasteiger partial charge in [0.25, 0.3) is 0 Å². The summed E-state index contributed by atoms with van der Waals surface area (Å²) in [5.41, 5.74) is 1.16. The van der Waals surface area contributed by atoms with E-state index in [-0.39, 0.29) is 0 Å². The number of rotatable bonds is 3. The van der Waals surface area contributed by atoms with Crippen LogP contribution in [0.1, 0.15) is 12.0 Å². The van der Waals surface area contributed by atoms with Gasteiger partial charge in [-0.15, -0.1) is 12.3 Å². The van der Waals surface area contributed by atoms with E-state index in [1.165, 1.54) is 0 Å². The first-order valence-electron chi connectivity index (χ1n) is 4.04. The molecule has 0 heterocycles. The van der Waals surface area contributed by atoms with Gasteiger partial charge >= 0.3 is 0 Å². The molecule has 1 aromatic carbocycles. The van der Waals surface area contributed by atoms with Gasteiger partial charge in [0.15, 0.2) is 0 Å². The number of benzene rings is 1. The summed E-state index contributed by atoms with van der Waals surface area (Å²) < 4.78 is 6.25. The molecule has 0 aromatic heterocycles. The normalized spacial score (nSPS) is 9.31. The van der Waals surface area contributed by atoms with E-state index in [9.17, 15) is 0 Å². The molecule has 0 spiro atoms. The fourth-order valence-corrected chi connectivity index (χ4v) is 1.47. The summed E-state index contributed by atoms with van der Waals surface area (Å²) in [6, 6.07) is 5.97. The first kappa shape index (κ1) is 10.1. The Morgan fingerprint density at radius 2 is 2.31 bits per heavy atom. The fourth-order valence-electron chi connectivity index (χ4n) is 1.13. The Hall–Kier alpha value is -0.940. The van der Waals surface area contributed by atoms with Crippen molar-refractivity contribution in [2.75, 3.05) is 7.11 Å². The Kier molecular flexibility index (Phi) is 3.85. The lowest BCUT2D eigenvalue weighted by Gasteiger charge is -2.06. The van der Waals surface area contributed by atoms with Gasteiger partial charge in [0.1, 0.15) is 5.75 Å². The van der Waals surface area contributed by atoms with Crippen LogP contribution < -0.4 is 4.74 Å². The van der Waals surface area contributed by atoms with E-state index in [0.29, 0.717) is 0 Å². The fraction of sp³-hybridized carbons (Fsp3) is 0.273. The lowest BCUT2D eigenvalue weighted by Crippen LogP contribution is -1.91. The van der Waals surface area contributed by atoms with Gasteiger partial charge in [-0.25, -0.2) is 0 Å². The Labute approximate surface area is 87.2 Å². The second-order valence-corrected chi connectivity index (χ2v) is 3.58. The second kappa shape index (κ2) is 4.94. The van der Waals surface area contributed by atoms with Crippen molar-refractivity contribution in [3.63, 3.8) is 0 Å². The van der Waals surface area contributed by atoms with E-state index in [1.54, 1.807) is 7.11 Å². The van der Waals surface area contributed by atoms with E-state index in [2.05, 4.69) is 21.9 Å². The summed E-state index contributed by atoms with van der Waals surface area (Å²) >= 11 is 3.38. The first-order chi connectivity index (χ1) is 6.27. The molecular formula is C11H11BrO. The van der Waals surface area contributed by atoms with Crippen LogP contribution in [0.5, 0.6) is 5.75 Å². The lowest BCUT2D eigenvalue weighted by atomic mass is 10.1. The van der Waals surface area contributed by atoms with Crippen molar-refractivity contribution in [3.05, 3.63) is 28.2 Å². The van der Waals surface area contributed by atoms with E-state index >= 15 is 0 Å². The summed E-state index contributed by atoms with van der Waals surface area (Å²) in [5.74, 6) is 3.51. The highest BCUT2D eigenvalue weighted by atomic mass is 79.9. The van der Waals surface area contributed by atoms with Crippen molar-refractivity contribution in [1.82, 2.24) is 0 Å². The smallest absolute Gasteiger partial charge is 0.123 e. The third-order valence-electron chi connectivity index (χ3n) is 1.79. The molecule has 0 bridgehead atoms. The van der Waals surface area contributed by atoms with Crippen LogP contribution in [0.25, 0.3) is 0 Å². The molecule has 1 rings (SSSR count). The maximum atomic E-state index is 5.22. The minimum atomic E-state index is 0.748. The number of aryl methyl sites for hydroxylation is 1. The van der Waals surface area contributed by atoms with E-state index in [4.69, 9.17) is 11.2 Å². The van der Waals surface area contributed by atoms with Crippen LogP contribution in [0.2, 0.25) is 0 Å². The van der Waals surface area contributed by atoms with Gasteiger partial charge < -0.3 is 4.74 Å². The Balaban J connectivity index is 2.87. The minimum Gasteiger partial charge on any atom is -0.496 e. The summed E-state index contributed by atoms with van der Waals surface area (Å²) in [6.45, 7) is 0. The van der Waals surface area contributed by atoms with Gasteiger partial charge in [-0.3, -0.25) is 0 Å². The van der Waals surface area contributed by atoms with Gasteiger partial charge in [-0.05, 0) is 24.1 Å². The van der Waals surface area contributed by atoms with Crippen LogP contribution in [0, 0.1) is 12.3 Å². The first-order valence-corrected chi connectivity index (χ1v) is 4.83. The molecule has 1 nitrogen and oxygen atoms in total. The van der Waals surface area contributed by atoms with Gasteiger partial charge in [0, 0.05) is 10.9 Å². The third-order valence-corrected chi connectivity index (χ3v) is 2.28. The van der Waals surface area contributed by atoms with Gasteiger partial charge in [-0.1, -0.05) is 22.0 Å². The van der Waals surface area contributed by atoms with Crippen molar-refractivity contribution >= 4 is 15.9 Å². The molecular weight excluding hydrogens is 228 g/mol. The number of hydrogen-bond donors (Lipinski definition) is 0.